The maximum atomic E-state index is 11.7. The van der Waals surface area contributed by atoms with Crippen LogP contribution in [0, 0.1) is 0 Å². The lowest BCUT2D eigenvalue weighted by Crippen LogP contribution is -2.47. The van der Waals surface area contributed by atoms with E-state index < -0.39 is 36.3 Å². The predicted molar refractivity (Wildman–Crippen MR) is 65.1 cm³/mol. The van der Waals surface area contributed by atoms with Crippen LogP contribution in [0.15, 0.2) is 29.7 Å². The zero-order valence-corrected chi connectivity index (χ0v) is 10.0. The minimum atomic E-state index is -1.85. The number of aliphatic hydroxyl groups is 3. The third-order valence-corrected chi connectivity index (χ3v) is 3.18. The van der Waals surface area contributed by atoms with Crippen LogP contribution in [-0.2, 0) is 4.74 Å². The van der Waals surface area contributed by atoms with Gasteiger partial charge in [0, 0.05) is 6.20 Å². The molecule has 1 aromatic rings. The van der Waals surface area contributed by atoms with E-state index in [0.717, 1.165) is 10.6 Å². The number of hydrogen-bond donors (Lipinski definition) is 4. The standard InChI is InChI=1S/C11H15N3O5/c1-2-11(18)6(5-15)19-9(8(11)16)14-4-3-7(12)13-10(14)17/h2-4,6,8-9,15-16,18H,1,5H2,(H2,12,13,17)/t6-,8+,9-,11-/m1/s1. The highest BCUT2D eigenvalue weighted by atomic mass is 16.6. The van der Waals surface area contributed by atoms with Crippen LogP contribution in [0.4, 0.5) is 5.82 Å². The molecule has 1 aliphatic rings. The van der Waals surface area contributed by atoms with Gasteiger partial charge in [-0.1, -0.05) is 6.08 Å². The molecule has 0 aromatic carbocycles. The molecule has 1 saturated heterocycles. The van der Waals surface area contributed by atoms with Gasteiger partial charge in [0.05, 0.1) is 6.61 Å². The lowest BCUT2D eigenvalue weighted by molar-refractivity contribution is -0.0655. The fraction of sp³-hybridized carbons (Fsp3) is 0.455. The summed E-state index contributed by atoms with van der Waals surface area (Å²) < 4.78 is 6.29. The van der Waals surface area contributed by atoms with Crippen molar-refractivity contribution >= 4 is 5.82 Å². The Morgan fingerprint density at radius 1 is 1.68 bits per heavy atom. The summed E-state index contributed by atoms with van der Waals surface area (Å²) >= 11 is 0. The smallest absolute Gasteiger partial charge is 0.351 e. The van der Waals surface area contributed by atoms with Gasteiger partial charge >= 0.3 is 5.69 Å². The number of aliphatic hydroxyl groups excluding tert-OH is 2. The molecule has 1 fully saturated rings. The first-order valence-corrected chi connectivity index (χ1v) is 5.59. The van der Waals surface area contributed by atoms with E-state index in [1.54, 1.807) is 0 Å². The van der Waals surface area contributed by atoms with Gasteiger partial charge in [-0.2, -0.15) is 4.98 Å². The average molecular weight is 269 g/mol. The number of rotatable bonds is 3. The Kier molecular flexibility index (Phi) is 3.42. The summed E-state index contributed by atoms with van der Waals surface area (Å²) in [6.07, 6.45) is -1.36. The van der Waals surface area contributed by atoms with Gasteiger partial charge in [-0.25, -0.2) is 4.79 Å². The van der Waals surface area contributed by atoms with Crippen LogP contribution in [0.1, 0.15) is 6.23 Å². The third-order valence-electron chi connectivity index (χ3n) is 3.18. The molecule has 2 rings (SSSR count). The molecule has 1 aliphatic heterocycles. The second-order valence-corrected chi connectivity index (χ2v) is 4.28. The van der Waals surface area contributed by atoms with E-state index in [1.807, 2.05) is 0 Å². The minimum absolute atomic E-state index is 0.0337. The van der Waals surface area contributed by atoms with Gasteiger partial charge in [0.2, 0.25) is 0 Å². The van der Waals surface area contributed by atoms with Crippen molar-refractivity contribution in [1.82, 2.24) is 9.55 Å². The average Bonchev–Trinajstić information content (AvgIpc) is 2.63. The zero-order chi connectivity index (χ0) is 14.2. The van der Waals surface area contributed by atoms with Crippen LogP contribution in [0.25, 0.3) is 0 Å². The molecule has 1 aromatic heterocycles. The van der Waals surface area contributed by atoms with Crippen LogP contribution in [0.5, 0.6) is 0 Å². The lowest BCUT2D eigenvalue weighted by Gasteiger charge is -2.26. The molecule has 0 bridgehead atoms. The highest BCUT2D eigenvalue weighted by Crippen LogP contribution is 2.37. The molecule has 0 saturated carbocycles. The summed E-state index contributed by atoms with van der Waals surface area (Å²) in [4.78, 5) is 15.2. The Hall–Kier alpha value is -1.74. The fourth-order valence-electron chi connectivity index (χ4n) is 2.05. The lowest BCUT2D eigenvalue weighted by atomic mass is 9.92. The summed E-state index contributed by atoms with van der Waals surface area (Å²) in [6, 6.07) is 1.36. The fourth-order valence-corrected chi connectivity index (χ4v) is 2.05. The van der Waals surface area contributed by atoms with Gasteiger partial charge in [0.15, 0.2) is 6.23 Å². The van der Waals surface area contributed by atoms with Gasteiger partial charge in [-0.3, -0.25) is 4.57 Å². The molecule has 8 nitrogen and oxygen atoms in total. The minimum Gasteiger partial charge on any atom is -0.394 e. The van der Waals surface area contributed by atoms with Gasteiger partial charge in [0.25, 0.3) is 0 Å². The molecule has 0 amide bonds. The maximum Gasteiger partial charge on any atom is 0.351 e. The molecule has 0 spiro atoms. The number of nitrogen functional groups attached to an aromatic ring is 1. The molecule has 4 atom stereocenters. The monoisotopic (exact) mass is 269 g/mol. The number of nitrogens with two attached hydrogens (primary N) is 1. The molecule has 2 heterocycles. The number of nitrogens with zero attached hydrogens (tertiary/aromatic N) is 2. The summed E-state index contributed by atoms with van der Waals surface area (Å²) in [7, 11) is 0. The second kappa shape index (κ2) is 4.74. The summed E-state index contributed by atoms with van der Waals surface area (Å²) in [5.74, 6) is 0.0337. The highest BCUT2D eigenvalue weighted by Gasteiger charge is 2.54. The van der Waals surface area contributed by atoms with Gasteiger partial charge in [0.1, 0.15) is 23.6 Å². The quantitative estimate of drug-likeness (QED) is 0.466. The van der Waals surface area contributed by atoms with Crippen molar-refractivity contribution in [3.05, 3.63) is 35.4 Å². The van der Waals surface area contributed by atoms with Crippen molar-refractivity contribution in [2.45, 2.75) is 24.0 Å². The van der Waals surface area contributed by atoms with Crippen molar-refractivity contribution in [3.8, 4) is 0 Å². The van der Waals surface area contributed by atoms with Crippen LogP contribution in [-0.4, -0.2) is 49.3 Å². The second-order valence-electron chi connectivity index (χ2n) is 4.28. The van der Waals surface area contributed by atoms with Crippen LogP contribution in [0.3, 0.4) is 0 Å². The third kappa shape index (κ3) is 2.04. The number of aromatic nitrogens is 2. The molecule has 5 N–H and O–H groups in total. The zero-order valence-electron chi connectivity index (χ0n) is 10.0. The van der Waals surface area contributed by atoms with E-state index in [-0.39, 0.29) is 5.82 Å². The van der Waals surface area contributed by atoms with E-state index in [2.05, 4.69) is 11.6 Å². The number of anilines is 1. The van der Waals surface area contributed by atoms with Crippen molar-refractivity contribution in [3.63, 3.8) is 0 Å². The van der Waals surface area contributed by atoms with Gasteiger partial charge in [-0.05, 0) is 6.07 Å². The molecule has 104 valence electrons. The Morgan fingerprint density at radius 3 is 2.84 bits per heavy atom. The van der Waals surface area contributed by atoms with E-state index in [1.165, 1.54) is 12.3 Å². The summed E-state index contributed by atoms with van der Waals surface area (Å²) in [5.41, 5.74) is 2.79. The summed E-state index contributed by atoms with van der Waals surface area (Å²) in [6.45, 7) is 2.87. The van der Waals surface area contributed by atoms with Crippen molar-refractivity contribution in [1.29, 1.82) is 0 Å². The number of hydrogen-bond acceptors (Lipinski definition) is 7. The normalized spacial score (nSPS) is 34.4. The van der Waals surface area contributed by atoms with E-state index in [4.69, 9.17) is 15.6 Å². The summed E-state index contributed by atoms with van der Waals surface area (Å²) in [5, 5.41) is 29.4. The molecule has 8 heteroatoms. The topological polar surface area (TPSA) is 131 Å². The van der Waals surface area contributed by atoms with Gasteiger partial charge < -0.3 is 25.8 Å². The molecular formula is C11H15N3O5. The van der Waals surface area contributed by atoms with Crippen LogP contribution >= 0.6 is 0 Å². The van der Waals surface area contributed by atoms with Crippen LogP contribution in [0.2, 0.25) is 0 Å². The van der Waals surface area contributed by atoms with E-state index in [0.29, 0.717) is 0 Å². The Bertz CT molecular complexity index is 545. The predicted octanol–water partition coefficient (Wildman–Crippen LogP) is -2.01. The Morgan fingerprint density at radius 2 is 2.37 bits per heavy atom. The molecule has 0 radical (unpaired) electrons. The molecule has 0 aliphatic carbocycles. The first kappa shape index (κ1) is 13.7. The first-order valence-electron chi connectivity index (χ1n) is 5.59. The molecular weight excluding hydrogens is 254 g/mol. The first-order chi connectivity index (χ1) is 8.93. The Labute approximate surface area is 108 Å². The van der Waals surface area contributed by atoms with Crippen LogP contribution < -0.4 is 11.4 Å². The van der Waals surface area contributed by atoms with E-state index in [9.17, 15) is 15.0 Å². The Balaban J connectivity index is 2.42. The highest BCUT2D eigenvalue weighted by molar-refractivity contribution is 5.24. The largest absolute Gasteiger partial charge is 0.394 e. The molecule has 0 unspecified atom stereocenters. The van der Waals surface area contributed by atoms with Crippen molar-refractivity contribution in [2.24, 2.45) is 0 Å². The van der Waals surface area contributed by atoms with Crippen molar-refractivity contribution < 1.29 is 20.1 Å². The van der Waals surface area contributed by atoms with E-state index >= 15 is 0 Å². The SMILES string of the molecule is C=C[C@@]1(O)[C@@H](CO)O[C@@H](n2ccc(N)nc2=O)[C@@H]1O. The maximum absolute atomic E-state index is 11.7. The molecule has 19 heavy (non-hydrogen) atoms. The van der Waals surface area contributed by atoms with Crippen molar-refractivity contribution in [2.75, 3.05) is 12.3 Å². The van der Waals surface area contributed by atoms with Gasteiger partial charge in [-0.15, -0.1) is 6.58 Å². The number of ether oxygens (including phenoxy) is 1.